The maximum atomic E-state index is 5.99. The van der Waals surface area contributed by atoms with Crippen LogP contribution in [0.25, 0.3) is 0 Å². The van der Waals surface area contributed by atoms with E-state index in [9.17, 15) is 0 Å². The Kier molecular flexibility index (Phi) is 3.87. The van der Waals surface area contributed by atoms with Crippen molar-refractivity contribution in [3.05, 3.63) is 21.8 Å². The predicted octanol–water partition coefficient (Wildman–Crippen LogP) is 3.36. The van der Waals surface area contributed by atoms with Gasteiger partial charge in [-0.2, -0.15) is 0 Å². The van der Waals surface area contributed by atoms with Crippen molar-refractivity contribution in [1.29, 1.82) is 0 Å². The van der Waals surface area contributed by atoms with E-state index in [1.807, 2.05) is 6.07 Å². The third kappa shape index (κ3) is 3.89. The number of benzene rings is 1. The van der Waals surface area contributed by atoms with Gasteiger partial charge in [-0.3, -0.25) is 0 Å². The van der Waals surface area contributed by atoms with E-state index in [2.05, 4.69) is 67.4 Å². The van der Waals surface area contributed by atoms with Crippen molar-refractivity contribution in [2.24, 2.45) is 5.41 Å². The van der Waals surface area contributed by atoms with Crippen molar-refractivity contribution < 1.29 is 0 Å². The van der Waals surface area contributed by atoms with Gasteiger partial charge in [0.05, 0.1) is 11.4 Å². The topological polar surface area (TPSA) is 29.3 Å². The monoisotopic (exact) mass is 318 g/mol. The lowest BCUT2D eigenvalue weighted by Gasteiger charge is -2.29. The Morgan fingerprint density at radius 3 is 2.40 bits per heavy atom. The Balaban J connectivity index is 2.87. The van der Waals surface area contributed by atoms with Gasteiger partial charge in [0.2, 0.25) is 0 Å². The van der Waals surface area contributed by atoms with Crippen molar-refractivity contribution in [1.82, 2.24) is 0 Å². The normalized spacial score (nSPS) is 11.5. The zero-order valence-corrected chi connectivity index (χ0v) is 12.0. The second-order valence-electron chi connectivity index (χ2n) is 5.12. The summed E-state index contributed by atoms with van der Waals surface area (Å²) in [6.45, 7) is 7.68. The smallest absolute Gasteiger partial charge is 0.0598 e. The number of hydrogen-bond acceptors (Lipinski definition) is 2. The van der Waals surface area contributed by atoms with Crippen LogP contribution >= 0.6 is 22.6 Å². The molecule has 0 heterocycles. The highest BCUT2D eigenvalue weighted by Crippen LogP contribution is 2.26. The van der Waals surface area contributed by atoms with Crippen molar-refractivity contribution in [2.45, 2.75) is 20.8 Å². The highest BCUT2D eigenvalue weighted by Gasteiger charge is 2.15. The molecule has 0 aliphatic heterocycles. The molecule has 0 radical (unpaired) electrons. The van der Waals surface area contributed by atoms with Gasteiger partial charge < -0.3 is 10.6 Å². The molecule has 0 saturated carbocycles. The van der Waals surface area contributed by atoms with Crippen LogP contribution in [0.2, 0.25) is 0 Å². The first-order chi connectivity index (χ1) is 6.79. The minimum Gasteiger partial charge on any atom is -0.397 e. The zero-order valence-electron chi connectivity index (χ0n) is 9.84. The molecule has 1 aromatic rings. The highest BCUT2D eigenvalue weighted by molar-refractivity contribution is 14.1. The number of nitrogen functional groups attached to an aromatic ring is 1. The van der Waals surface area contributed by atoms with Crippen molar-refractivity contribution >= 4 is 34.0 Å². The Labute approximate surface area is 106 Å². The number of anilines is 2. The summed E-state index contributed by atoms with van der Waals surface area (Å²) in [5.74, 6) is 0. The van der Waals surface area contributed by atoms with E-state index in [1.54, 1.807) is 0 Å². The molecule has 0 atom stereocenters. The van der Waals surface area contributed by atoms with Crippen LogP contribution < -0.4 is 10.6 Å². The maximum absolute atomic E-state index is 5.99. The van der Waals surface area contributed by atoms with Gasteiger partial charge in [-0.1, -0.05) is 20.8 Å². The van der Waals surface area contributed by atoms with Crippen molar-refractivity contribution in [3.63, 3.8) is 0 Å². The lowest BCUT2D eigenvalue weighted by molar-refractivity contribution is 0.419. The van der Waals surface area contributed by atoms with Crippen LogP contribution in [0.4, 0.5) is 11.4 Å². The van der Waals surface area contributed by atoms with Gasteiger partial charge in [-0.15, -0.1) is 0 Å². The van der Waals surface area contributed by atoms with Crippen molar-refractivity contribution in [2.75, 3.05) is 24.2 Å². The van der Waals surface area contributed by atoms with Gasteiger partial charge >= 0.3 is 0 Å². The lowest BCUT2D eigenvalue weighted by atomic mass is 9.96. The minimum absolute atomic E-state index is 0.282. The van der Waals surface area contributed by atoms with Gasteiger partial charge in [-0.05, 0) is 46.2 Å². The van der Waals surface area contributed by atoms with Gasteiger partial charge in [0.15, 0.2) is 0 Å². The van der Waals surface area contributed by atoms with Crippen LogP contribution in [0.15, 0.2) is 18.2 Å². The van der Waals surface area contributed by atoms with Gasteiger partial charge in [0.1, 0.15) is 0 Å². The van der Waals surface area contributed by atoms with Crippen molar-refractivity contribution in [3.8, 4) is 0 Å². The molecule has 2 N–H and O–H groups in total. The minimum atomic E-state index is 0.282. The molecular weight excluding hydrogens is 299 g/mol. The standard InChI is InChI=1S/C12H19IN2/c1-12(2,3)8-15(4)11-6-5-9(13)7-10(11)14/h5-7H,8,14H2,1-4H3. The van der Waals surface area contributed by atoms with Gasteiger partial charge in [-0.25, -0.2) is 0 Å². The summed E-state index contributed by atoms with van der Waals surface area (Å²) < 4.78 is 1.18. The summed E-state index contributed by atoms with van der Waals surface area (Å²) in [5, 5.41) is 0. The van der Waals surface area contributed by atoms with E-state index in [0.29, 0.717) is 0 Å². The van der Waals surface area contributed by atoms with Gasteiger partial charge in [0.25, 0.3) is 0 Å². The Morgan fingerprint density at radius 1 is 1.33 bits per heavy atom. The van der Waals surface area contributed by atoms with Crippen LogP contribution in [0, 0.1) is 8.99 Å². The molecule has 0 bridgehead atoms. The predicted molar refractivity (Wildman–Crippen MR) is 76.3 cm³/mol. The Hall–Kier alpha value is -0.450. The fourth-order valence-corrected chi connectivity index (χ4v) is 2.18. The average Bonchev–Trinajstić information content (AvgIpc) is 1.99. The Morgan fingerprint density at radius 2 is 1.93 bits per heavy atom. The fourth-order valence-electron chi connectivity index (χ4n) is 1.67. The number of nitrogens with two attached hydrogens (primary N) is 1. The van der Waals surface area contributed by atoms with E-state index < -0.39 is 0 Å². The Bertz CT molecular complexity index is 342. The van der Waals surface area contributed by atoms with Crippen LogP contribution in [-0.2, 0) is 0 Å². The van der Waals surface area contributed by atoms with E-state index in [4.69, 9.17) is 5.73 Å². The van der Waals surface area contributed by atoms with E-state index in [1.165, 1.54) is 3.57 Å². The summed E-state index contributed by atoms with van der Waals surface area (Å²) in [6, 6.07) is 6.18. The number of hydrogen-bond donors (Lipinski definition) is 1. The fraction of sp³-hybridized carbons (Fsp3) is 0.500. The molecule has 2 nitrogen and oxygen atoms in total. The quantitative estimate of drug-likeness (QED) is 0.669. The van der Waals surface area contributed by atoms with E-state index in [0.717, 1.165) is 17.9 Å². The second-order valence-corrected chi connectivity index (χ2v) is 6.37. The molecule has 0 aromatic heterocycles. The van der Waals surface area contributed by atoms with E-state index in [-0.39, 0.29) is 5.41 Å². The molecule has 3 heteroatoms. The molecule has 15 heavy (non-hydrogen) atoms. The molecule has 0 aliphatic carbocycles. The molecular formula is C12H19IN2. The zero-order chi connectivity index (χ0) is 11.6. The summed E-state index contributed by atoms with van der Waals surface area (Å²) >= 11 is 2.28. The second kappa shape index (κ2) is 4.60. The molecule has 0 spiro atoms. The first-order valence-corrected chi connectivity index (χ1v) is 6.14. The molecule has 0 unspecified atom stereocenters. The summed E-state index contributed by atoms with van der Waals surface area (Å²) in [7, 11) is 2.09. The largest absolute Gasteiger partial charge is 0.397 e. The molecule has 0 amide bonds. The lowest BCUT2D eigenvalue weighted by Crippen LogP contribution is -2.29. The number of nitrogens with zero attached hydrogens (tertiary/aromatic N) is 1. The highest BCUT2D eigenvalue weighted by atomic mass is 127. The van der Waals surface area contributed by atoms with Crippen LogP contribution in [0.1, 0.15) is 20.8 Å². The summed E-state index contributed by atoms with van der Waals surface area (Å²) in [4.78, 5) is 2.21. The molecule has 0 saturated heterocycles. The third-order valence-corrected chi connectivity index (χ3v) is 2.78. The first kappa shape index (κ1) is 12.6. The molecule has 84 valence electrons. The van der Waals surface area contributed by atoms with Crippen LogP contribution in [0.5, 0.6) is 0 Å². The number of rotatable bonds is 2. The maximum Gasteiger partial charge on any atom is 0.0598 e. The third-order valence-electron chi connectivity index (χ3n) is 2.11. The molecule has 1 rings (SSSR count). The average molecular weight is 318 g/mol. The van der Waals surface area contributed by atoms with E-state index >= 15 is 0 Å². The van der Waals surface area contributed by atoms with Crippen LogP contribution in [0.3, 0.4) is 0 Å². The first-order valence-electron chi connectivity index (χ1n) is 5.06. The van der Waals surface area contributed by atoms with Gasteiger partial charge in [0, 0.05) is 17.2 Å². The molecule has 0 aliphatic rings. The molecule has 0 fully saturated rings. The molecule has 1 aromatic carbocycles. The SMILES string of the molecule is CN(CC(C)(C)C)c1ccc(I)cc1N. The number of halogens is 1. The van der Waals surface area contributed by atoms with Crippen LogP contribution in [-0.4, -0.2) is 13.6 Å². The summed E-state index contributed by atoms with van der Waals surface area (Å²) in [5.41, 5.74) is 8.25. The summed E-state index contributed by atoms with van der Waals surface area (Å²) in [6.07, 6.45) is 0.